The first-order chi connectivity index (χ1) is 31.4. The first-order valence-electron chi connectivity index (χ1n) is 28.9. The van der Waals surface area contributed by atoms with Crippen LogP contribution in [0.2, 0.25) is 0 Å². The quantitative estimate of drug-likeness (QED) is 0.0344. The maximum Gasteiger partial charge on any atom is 0.306 e. The third-order valence-electron chi connectivity index (χ3n) is 13.3. The second-order valence-corrected chi connectivity index (χ2v) is 20.4. The third-order valence-corrected chi connectivity index (χ3v) is 13.3. The summed E-state index contributed by atoms with van der Waals surface area (Å²) in [5.41, 5.74) is 0. The van der Waals surface area contributed by atoms with Crippen LogP contribution in [0.5, 0.6) is 0 Å². The largest absolute Gasteiger partial charge is 0.462 e. The number of hydrogen-bond donors (Lipinski definition) is 0. The van der Waals surface area contributed by atoms with Gasteiger partial charge in [0.05, 0.1) is 0 Å². The number of ether oxygens (including phenoxy) is 3. The van der Waals surface area contributed by atoms with Crippen LogP contribution in [0.25, 0.3) is 0 Å². The van der Waals surface area contributed by atoms with Gasteiger partial charge in [-0.3, -0.25) is 14.4 Å². The Morgan fingerprint density at radius 3 is 0.766 bits per heavy atom. The fourth-order valence-corrected chi connectivity index (χ4v) is 8.92. The van der Waals surface area contributed by atoms with Crippen molar-refractivity contribution < 1.29 is 28.6 Å². The van der Waals surface area contributed by atoms with E-state index in [-0.39, 0.29) is 31.1 Å². The molecular weight excluding hydrogens is 793 g/mol. The molecule has 0 heterocycles. The summed E-state index contributed by atoms with van der Waals surface area (Å²) in [4.78, 5) is 38.1. The molecule has 0 spiro atoms. The molecule has 0 fully saturated rings. The molecule has 1 atom stereocenters. The van der Waals surface area contributed by atoms with Gasteiger partial charge in [0.15, 0.2) is 6.10 Å². The minimum Gasteiger partial charge on any atom is -0.462 e. The van der Waals surface area contributed by atoms with E-state index in [2.05, 4.69) is 27.7 Å². The SMILES string of the molecule is CCCCCCCCCCCCCCCCCCCCC(=O)OC[C@@H](COC(=O)CCCCCCCCCCCCC)OC(=O)CCCCCCCCCCCCCCCCC(C)C. The van der Waals surface area contributed by atoms with E-state index >= 15 is 0 Å². The molecule has 0 aliphatic rings. The van der Waals surface area contributed by atoms with E-state index < -0.39 is 6.10 Å². The van der Waals surface area contributed by atoms with Gasteiger partial charge in [-0.1, -0.05) is 291 Å². The Balaban J connectivity index is 4.25. The molecule has 0 radical (unpaired) electrons. The van der Waals surface area contributed by atoms with Crippen LogP contribution in [0, 0.1) is 5.92 Å². The van der Waals surface area contributed by atoms with Crippen LogP contribution in [-0.2, 0) is 28.6 Å². The van der Waals surface area contributed by atoms with Gasteiger partial charge in [-0.25, -0.2) is 0 Å². The molecule has 0 saturated heterocycles. The van der Waals surface area contributed by atoms with E-state index in [1.165, 1.54) is 225 Å². The van der Waals surface area contributed by atoms with E-state index in [4.69, 9.17) is 14.2 Å². The molecule has 64 heavy (non-hydrogen) atoms. The van der Waals surface area contributed by atoms with Gasteiger partial charge in [0.1, 0.15) is 13.2 Å². The van der Waals surface area contributed by atoms with E-state index in [1.807, 2.05) is 0 Å². The molecule has 0 aliphatic carbocycles. The molecule has 0 amide bonds. The lowest BCUT2D eigenvalue weighted by Gasteiger charge is -2.18. The number of carbonyl (C=O) groups is 3. The standard InChI is InChI=1S/C58H112O6/c1-5-7-9-11-13-15-17-18-19-20-21-22-26-30-34-38-42-46-50-57(60)63-53-55(52-62-56(59)49-45-41-37-33-28-16-14-12-10-8-6-2)64-58(61)51-47-43-39-35-31-27-24-23-25-29-32-36-40-44-48-54(3)4/h54-55H,5-53H2,1-4H3/t55-/m1/s1. The van der Waals surface area contributed by atoms with Crippen LogP contribution in [0.4, 0.5) is 0 Å². The summed E-state index contributed by atoms with van der Waals surface area (Å²) in [5, 5.41) is 0. The number of rotatable bonds is 53. The van der Waals surface area contributed by atoms with Crippen LogP contribution in [0.1, 0.15) is 329 Å². The summed E-state index contributed by atoms with van der Waals surface area (Å²) in [5.74, 6) is 0.00690. The average molecular weight is 906 g/mol. The van der Waals surface area contributed by atoms with Crippen molar-refractivity contribution >= 4 is 17.9 Å². The van der Waals surface area contributed by atoms with E-state index in [9.17, 15) is 14.4 Å². The van der Waals surface area contributed by atoms with Gasteiger partial charge in [-0.15, -0.1) is 0 Å². The minimum atomic E-state index is -0.761. The molecule has 0 aromatic rings. The molecule has 0 unspecified atom stereocenters. The minimum absolute atomic E-state index is 0.0619. The number of unbranched alkanes of at least 4 members (excludes halogenated alkanes) is 40. The van der Waals surface area contributed by atoms with Crippen LogP contribution in [0.15, 0.2) is 0 Å². The lowest BCUT2D eigenvalue weighted by Crippen LogP contribution is -2.30. The van der Waals surface area contributed by atoms with Crippen molar-refractivity contribution in [2.24, 2.45) is 5.92 Å². The van der Waals surface area contributed by atoms with Gasteiger partial charge in [-0.05, 0) is 25.2 Å². The zero-order valence-electron chi connectivity index (χ0n) is 43.8. The Hall–Kier alpha value is -1.59. The zero-order valence-corrected chi connectivity index (χ0v) is 43.8. The molecule has 6 nitrogen and oxygen atoms in total. The Kier molecular flexibility index (Phi) is 51.1. The summed E-state index contributed by atoms with van der Waals surface area (Å²) >= 11 is 0. The van der Waals surface area contributed by atoms with Crippen molar-refractivity contribution in [3.63, 3.8) is 0 Å². The van der Waals surface area contributed by atoms with Crippen LogP contribution >= 0.6 is 0 Å². The Morgan fingerprint density at radius 2 is 0.516 bits per heavy atom. The van der Waals surface area contributed by atoms with E-state index in [0.717, 1.165) is 63.7 Å². The highest BCUT2D eigenvalue weighted by Gasteiger charge is 2.19. The van der Waals surface area contributed by atoms with Crippen molar-refractivity contribution in [2.75, 3.05) is 13.2 Å². The molecule has 380 valence electrons. The Labute approximate surface area is 399 Å². The lowest BCUT2D eigenvalue weighted by atomic mass is 10.0. The van der Waals surface area contributed by atoms with Crippen molar-refractivity contribution in [1.29, 1.82) is 0 Å². The molecule has 0 saturated carbocycles. The predicted octanol–water partition coefficient (Wildman–Crippen LogP) is 19.0. The summed E-state index contributed by atoms with van der Waals surface area (Å²) in [6.45, 7) is 9.06. The molecule has 0 rings (SSSR count). The summed E-state index contributed by atoms with van der Waals surface area (Å²) in [6, 6.07) is 0. The van der Waals surface area contributed by atoms with Crippen LogP contribution in [-0.4, -0.2) is 37.2 Å². The topological polar surface area (TPSA) is 78.9 Å². The molecule has 0 aromatic carbocycles. The first kappa shape index (κ1) is 62.4. The zero-order chi connectivity index (χ0) is 46.7. The monoisotopic (exact) mass is 905 g/mol. The van der Waals surface area contributed by atoms with E-state index in [1.54, 1.807) is 0 Å². The molecule has 0 N–H and O–H groups in total. The van der Waals surface area contributed by atoms with Gasteiger partial charge >= 0.3 is 17.9 Å². The highest BCUT2D eigenvalue weighted by molar-refractivity contribution is 5.71. The summed E-state index contributed by atoms with van der Waals surface area (Å²) in [6.07, 6.45) is 56.6. The van der Waals surface area contributed by atoms with Gasteiger partial charge in [-0.2, -0.15) is 0 Å². The average Bonchev–Trinajstić information content (AvgIpc) is 3.28. The highest BCUT2D eigenvalue weighted by atomic mass is 16.6. The Morgan fingerprint density at radius 1 is 0.297 bits per heavy atom. The van der Waals surface area contributed by atoms with Crippen molar-refractivity contribution in [2.45, 2.75) is 336 Å². The first-order valence-corrected chi connectivity index (χ1v) is 28.9. The van der Waals surface area contributed by atoms with E-state index in [0.29, 0.717) is 19.3 Å². The molecule has 0 aromatic heterocycles. The smallest absolute Gasteiger partial charge is 0.306 e. The normalized spacial score (nSPS) is 12.0. The molecular formula is C58H112O6. The molecule has 6 heteroatoms. The summed E-state index contributed by atoms with van der Waals surface area (Å²) in [7, 11) is 0. The molecule has 0 aliphatic heterocycles. The highest BCUT2D eigenvalue weighted by Crippen LogP contribution is 2.18. The van der Waals surface area contributed by atoms with Crippen molar-refractivity contribution in [1.82, 2.24) is 0 Å². The van der Waals surface area contributed by atoms with Crippen molar-refractivity contribution in [3.8, 4) is 0 Å². The van der Waals surface area contributed by atoms with Gasteiger partial charge in [0.2, 0.25) is 0 Å². The fourth-order valence-electron chi connectivity index (χ4n) is 8.92. The van der Waals surface area contributed by atoms with Crippen molar-refractivity contribution in [3.05, 3.63) is 0 Å². The lowest BCUT2D eigenvalue weighted by molar-refractivity contribution is -0.167. The second kappa shape index (κ2) is 52.4. The fraction of sp³-hybridized carbons (Fsp3) is 0.948. The summed E-state index contributed by atoms with van der Waals surface area (Å²) < 4.78 is 16.9. The Bertz CT molecular complexity index is 964. The van der Waals surface area contributed by atoms with Gasteiger partial charge in [0, 0.05) is 19.3 Å². The van der Waals surface area contributed by atoms with Gasteiger partial charge < -0.3 is 14.2 Å². The maximum atomic E-state index is 12.8. The van der Waals surface area contributed by atoms with Gasteiger partial charge in [0.25, 0.3) is 0 Å². The maximum absolute atomic E-state index is 12.8. The van der Waals surface area contributed by atoms with Crippen LogP contribution < -0.4 is 0 Å². The third kappa shape index (κ3) is 51.4. The number of esters is 3. The molecule has 0 bridgehead atoms. The second-order valence-electron chi connectivity index (χ2n) is 20.4. The predicted molar refractivity (Wildman–Crippen MR) is 275 cm³/mol. The van der Waals surface area contributed by atoms with Crippen LogP contribution in [0.3, 0.4) is 0 Å². The number of hydrogen-bond acceptors (Lipinski definition) is 6. The number of carbonyl (C=O) groups excluding carboxylic acids is 3.